The van der Waals surface area contributed by atoms with Gasteiger partial charge in [-0.1, -0.05) is 26.3 Å². The zero-order valence-electron chi connectivity index (χ0n) is 13.8. The summed E-state index contributed by atoms with van der Waals surface area (Å²) < 4.78 is 5.53. The zero-order valence-corrected chi connectivity index (χ0v) is 13.8. The molecule has 23 heavy (non-hydrogen) atoms. The van der Waals surface area contributed by atoms with E-state index in [0.717, 1.165) is 19.3 Å². The van der Waals surface area contributed by atoms with E-state index in [9.17, 15) is 25.2 Å². The standard InChI is InChI=1S/C17H28O6/c1-3-5-10-7-12(19)11(6-9(10)4-2)17-16(22)15(21)14(20)13(8-18)23-17/h6,9-10,13-18,20-22H,3-5,7-8H2,1-2H3/t9?,10?,13?,14?,15-,16?,17?/m0/s1. The molecule has 6 nitrogen and oxygen atoms in total. The maximum Gasteiger partial charge on any atom is 0.161 e. The maximum atomic E-state index is 12.5. The van der Waals surface area contributed by atoms with E-state index in [2.05, 4.69) is 13.8 Å². The van der Waals surface area contributed by atoms with Crippen LogP contribution < -0.4 is 0 Å². The Morgan fingerprint density at radius 3 is 2.43 bits per heavy atom. The molecule has 132 valence electrons. The number of hydrogen-bond donors (Lipinski definition) is 4. The number of ketones is 1. The number of aliphatic hydroxyl groups excluding tert-OH is 4. The fraction of sp³-hybridized carbons (Fsp3) is 0.824. The summed E-state index contributed by atoms with van der Waals surface area (Å²) in [6, 6.07) is 0. The van der Waals surface area contributed by atoms with Crippen LogP contribution in [0.15, 0.2) is 11.6 Å². The van der Waals surface area contributed by atoms with Crippen LogP contribution in [0.5, 0.6) is 0 Å². The van der Waals surface area contributed by atoms with Gasteiger partial charge in [0.25, 0.3) is 0 Å². The first-order chi connectivity index (χ1) is 10.9. The summed E-state index contributed by atoms with van der Waals surface area (Å²) in [5, 5.41) is 39.3. The lowest BCUT2D eigenvalue weighted by atomic mass is 9.74. The molecule has 0 radical (unpaired) electrons. The number of ether oxygens (including phenoxy) is 1. The molecule has 0 bridgehead atoms. The van der Waals surface area contributed by atoms with Crippen LogP contribution in [-0.4, -0.2) is 63.3 Å². The third-order valence-electron chi connectivity index (χ3n) is 5.10. The second-order valence-electron chi connectivity index (χ2n) is 6.62. The third-order valence-corrected chi connectivity index (χ3v) is 5.10. The van der Waals surface area contributed by atoms with Crippen molar-refractivity contribution in [2.75, 3.05) is 6.61 Å². The minimum absolute atomic E-state index is 0.0857. The van der Waals surface area contributed by atoms with Crippen molar-refractivity contribution < 1.29 is 30.0 Å². The van der Waals surface area contributed by atoms with Crippen LogP contribution in [-0.2, 0) is 9.53 Å². The van der Waals surface area contributed by atoms with E-state index < -0.39 is 37.1 Å². The van der Waals surface area contributed by atoms with Crippen molar-refractivity contribution in [1.29, 1.82) is 0 Å². The van der Waals surface area contributed by atoms with E-state index in [4.69, 9.17) is 4.74 Å². The van der Waals surface area contributed by atoms with Crippen LogP contribution in [0.1, 0.15) is 39.5 Å². The smallest absolute Gasteiger partial charge is 0.161 e. The third kappa shape index (κ3) is 3.67. The maximum absolute atomic E-state index is 12.5. The average molecular weight is 328 g/mol. The van der Waals surface area contributed by atoms with Crippen molar-refractivity contribution in [3.05, 3.63) is 11.6 Å². The molecule has 6 unspecified atom stereocenters. The molecule has 1 saturated heterocycles. The van der Waals surface area contributed by atoms with Gasteiger partial charge in [0.2, 0.25) is 0 Å². The summed E-state index contributed by atoms with van der Waals surface area (Å²) in [7, 11) is 0. The van der Waals surface area contributed by atoms with E-state index in [1.807, 2.05) is 6.08 Å². The molecule has 0 saturated carbocycles. The number of allylic oxidation sites excluding steroid dienone is 1. The highest BCUT2D eigenvalue weighted by atomic mass is 16.5. The Bertz CT molecular complexity index is 446. The summed E-state index contributed by atoms with van der Waals surface area (Å²) in [6.07, 6.45) is -1.09. The number of Topliss-reactive ketones (excluding diaryl/α,β-unsaturated/α-hetero) is 1. The van der Waals surface area contributed by atoms with Crippen molar-refractivity contribution in [3.63, 3.8) is 0 Å². The van der Waals surface area contributed by atoms with Gasteiger partial charge >= 0.3 is 0 Å². The largest absolute Gasteiger partial charge is 0.394 e. The zero-order chi connectivity index (χ0) is 17.1. The molecule has 2 aliphatic rings. The highest BCUT2D eigenvalue weighted by Crippen LogP contribution is 2.36. The Morgan fingerprint density at radius 2 is 1.87 bits per heavy atom. The van der Waals surface area contributed by atoms with Crippen LogP contribution in [0.2, 0.25) is 0 Å². The Kier molecular flexibility index (Phi) is 6.33. The predicted octanol–water partition coefficient (Wildman–Crippen LogP) is 0.170. The summed E-state index contributed by atoms with van der Waals surface area (Å²) in [5.41, 5.74) is 0.362. The molecule has 1 aliphatic carbocycles. The predicted molar refractivity (Wildman–Crippen MR) is 83.7 cm³/mol. The Labute approximate surface area is 136 Å². The minimum atomic E-state index is -1.45. The summed E-state index contributed by atoms with van der Waals surface area (Å²) in [5.74, 6) is 0.443. The monoisotopic (exact) mass is 328 g/mol. The second kappa shape index (κ2) is 7.85. The van der Waals surface area contributed by atoms with Crippen molar-refractivity contribution in [2.45, 2.75) is 70.1 Å². The summed E-state index contributed by atoms with van der Waals surface area (Å²) in [6.45, 7) is 3.66. The van der Waals surface area contributed by atoms with Gasteiger partial charge in [-0.3, -0.25) is 4.79 Å². The van der Waals surface area contributed by atoms with Crippen molar-refractivity contribution in [3.8, 4) is 0 Å². The number of hydrogen-bond acceptors (Lipinski definition) is 6. The lowest BCUT2D eigenvalue weighted by Gasteiger charge is -2.42. The fourth-order valence-electron chi connectivity index (χ4n) is 3.72. The van der Waals surface area contributed by atoms with Gasteiger partial charge in [-0.25, -0.2) is 0 Å². The fourth-order valence-corrected chi connectivity index (χ4v) is 3.72. The van der Waals surface area contributed by atoms with Crippen molar-refractivity contribution in [1.82, 2.24) is 0 Å². The number of carbonyl (C=O) groups is 1. The number of aliphatic hydroxyl groups is 4. The normalized spacial score (nSPS) is 41.7. The topological polar surface area (TPSA) is 107 Å². The molecule has 1 heterocycles. The van der Waals surface area contributed by atoms with Gasteiger partial charge in [-0.05, 0) is 24.7 Å². The van der Waals surface area contributed by atoms with Crippen LogP contribution in [0.25, 0.3) is 0 Å². The van der Waals surface area contributed by atoms with Crippen LogP contribution in [0.3, 0.4) is 0 Å². The van der Waals surface area contributed by atoms with Crippen molar-refractivity contribution in [2.24, 2.45) is 11.8 Å². The Morgan fingerprint density at radius 1 is 1.17 bits per heavy atom. The van der Waals surface area contributed by atoms with E-state index in [1.54, 1.807) is 0 Å². The van der Waals surface area contributed by atoms with Crippen LogP contribution >= 0.6 is 0 Å². The molecule has 4 N–H and O–H groups in total. The van der Waals surface area contributed by atoms with E-state index in [1.165, 1.54) is 0 Å². The second-order valence-corrected chi connectivity index (χ2v) is 6.62. The molecule has 1 aliphatic heterocycles. The van der Waals surface area contributed by atoms with E-state index in [0.29, 0.717) is 17.9 Å². The molecule has 1 fully saturated rings. The first-order valence-electron chi connectivity index (χ1n) is 8.49. The lowest BCUT2D eigenvalue weighted by molar-refractivity contribution is -0.220. The number of carbonyl (C=O) groups excluding carboxylic acids is 1. The summed E-state index contributed by atoms with van der Waals surface area (Å²) >= 11 is 0. The molecular weight excluding hydrogens is 300 g/mol. The van der Waals surface area contributed by atoms with Gasteiger partial charge in [-0.15, -0.1) is 0 Å². The molecule has 7 atom stereocenters. The quantitative estimate of drug-likeness (QED) is 0.573. The Balaban J connectivity index is 2.26. The number of rotatable bonds is 5. The molecule has 6 heteroatoms. The van der Waals surface area contributed by atoms with E-state index >= 15 is 0 Å². The first kappa shape index (κ1) is 18.5. The highest BCUT2D eigenvalue weighted by Gasteiger charge is 2.47. The molecular formula is C17H28O6. The Hall–Kier alpha value is -0.790. The van der Waals surface area contributed by atoms with Gasteiger partial charge in [-0.2, -0.15) is 0 Å². The molecule has 0 aromatic heterocycles. The van der Waals surface area contributed by atoms with E-state index in [-0.39, 0.29) is 11.7 Å². The van der Waals surface area contributed by atoms with Crippen molar-refractivity contribution >= 4 is 5.78 Å². The van der Waals surface area contributed by atoms with Crippen LogP contribution in [0.4, 0.5) is 0 Å². The SMILES string of the molecule is CCCC1CC(=O)C(C2OC(CO)C(O)[C@H](O)C2O)=CC1CC. The molecule has 0 aromatic carbocycles. The van der Waals surface area contributed by atoms with Gasteiger partial charge in [0.05, 0.1) is 6.61 Å². The van der Waals surface area contributed by atoms with Gasteiger partial charge < -0.3 is 25.2 Å². The average Bonchev–Trinajstić information content (AvgIpc) is 2.54. The first-order valence-corrected chi connectivity index (χ1v) is 8.49. The molecule has 0 spiro atoms. The van der Waals surface area contributed by atoms with Gasteiger partial charge in [0.1, 0.15) is 30.5 Å². The van der Waals surface area contributed by atoms with Gasteiger partial charge in [0.15, 0.2) is 5.78 Å². The van der Waals surface area contributed by atoms with Crippen LogP contribution in [0, 0.1) is 11.8 Å². The molecule has 0 aromatic rings. The highest BCUT2D eigenvalue weighted by molar-refractivity contribution is 5.97. The minimum Gasteiger partial charge on any atom is -0.394 e. The van der Waals surface area contributed by atoms with Gasteiger partial charge in [0, 0.05) is 12.0 Å². The summed E-state index contributed by atoms with van der Waals surface area (Å²) in [4.78, 5) is 12.5. The molecule has 0 amide bonds. The lowest BCUT2D eigenvalue weighted by Crippen LogP contribution is -2.59. The molecule has 2 rings (SSSR count).